The molecule has 35 heavy (non-hydrogen) atoms. The maximum Gasteiger partial charge on any atom is 0.0390 e. The zero-order chi connectivity index (χ0) is 23.2. The van der Waals surface area contributed by atoms with E-state index >= 15 is 0 Å². The van der Waals surface area contributed by atoms with Crippen LogP contribution in [0, 0.1) is 0 Å². The first kappa shape index (κ1) is 19.8. The number of benzene rings is 7. The van der Waals surface area contributed by atoms with Gasteiger partial charge >= 0.3 is 0 Å². The van der Waals surface area contributed by atoms with Gasteiger partial charge in [0, 0.05) is 11.4 Å². The van der Waals surface area contributed by atoms with Crippen LogP contribution < -0.4 is 5.32 Å². The normalized spacial score (nSPS) is 11.4. The molecule has 0 amide bonds. The number of fused-ring (bicyclic) bond motifs is 6. The van der Waals surface area contributed by atoms with Crippen LogP contribution in [0.3, 0.4) is 0 Å². The first-order valence-electron chi connectivity index (χ1n) is 12.0. The summed E-state index contributed by atoms with van der Waals surface area (Å²) in [5, 5.41) is 13.8. The van der Waals surface area contributed by atoms with Gasteiger partial charge in [-0.1, -0.05) is 103 Å². The van der Waals surface area contributed by atoms with E-state index in [1.54, 1.807) is 0 Å². The van der Waals surface area contributed by atoms with E-state index < -0.39 is 0 Å². The van der Waals surface area contributed by atoms with E-state index in [1.165, 1.54) is 54.2 Å². The van der Waals surface area contributed by atoms with E-state index in [1.807, 2.05) is 0 Å². The fraction of sp³-hybridized carbons (Fsp3) is 0. The van der Waals surface area contributed by atoms with Crippen LogP contribution in [-0.4, -0.2) is 0 Å². The number of rotatable bonds is 3. The van der Waals surface area contributed by atoms with Crippen molar-refractivity contribution in [2.24, 2.45) is 0 Å². The van der Waals surface area contributed by atoms with Crippen molar-refractivity contribution in [3.8, 4) is 11.1 Å². The van der Waals surface area contributed by atoms with Gasteiger partial charge in [-0.15, -0.1) is 0 Å². The highest BCUT2D eigenvalue weighted by atomic mass is 14.9. The smallest absolute Gasteiger partial charge is 0.0390 e. The molecule has 7 aromatic carbocycles. The largest absolute Gasteiger partial charge is 0.356 e. The molecular weight excluding hydrogens is 422 g/mol. The Morgan fingerprint density at radius 3 is 1.80 bits per heavy atom. The summed E-state index contributed by atoms with van der Waals surface area (Å²) in [6.45, 7) is 0. The third-order valence-electron chi connectivity index (χ3n) is 6.98. The second-order valence-electron chi connectivity index (χ2n) is 9.12. The molecule has 7 rings (SSSR count). The van der Waals surface area contributed by atoms with Gasteiger partial charge in [-0.05, 0) is 84.5 Å². The number of hydrogen-bond acceptors (Lipinski definition) is 1. The van der Waals surface area contributed by atoms with Crippen LogP contribution >= 0.6 is 0 Å². The molecule has 0 aromatic heterocycles. The Labute approximate surface area is 204 Å². The molecule has 1 heteroatoms. The second kappa shape index (κ2) is 8.00. The molecule has 0 fully saturated rings. The van der Waals surface area contributed by atoms with Crippen molar-refractivity contribution in [3.05, 3.63) is 133 Å². The van der Waals surface area contributed by atoms with E-state index in [2.05, 4.69) is 139 Å². The van der Waals surface area contributed by atoms with E-state index in [0.717, 1.165) is 11.4 Å². The van der Waals surface area contributed by atoms with Gasteiger partial charge in [-0.2, -0.15) is 0 Å². The molecule has 0 aliphatic carbocycles. The highest BCUT2D eigenvalue weighted by Crippen LogP contribution is 2.38. The Bertz CT molecular complexity index is 1860. The Hall–Kier alpha value is -4.62. The van der Waals surface area contributed by atoms with Gasteiger partial charge < -0.3 is 5.32 Å². The zero-order valence-electron chi connectivity index (χ0n) is 19.2. The minimum absolute atomic E-state index is 1.08. The summed E-state index contributed by atoms with van der Waals surface area (Å²) >= 11 is 0. The number of nitrogens with one attached hydrogen (secondary N) is 1. The molecule has 0 radical (unpaired) electrons. The molecule has 0 heterocycles. The van der Waals surface area contributed by atoms with Gasteiger partial charge in [0.25, 0.3) is 0 Å². The Morgan fingerprint density at radius 1 is 0.371 bits per heavy atom. The molecular formula is C34H23N. The Balaban J connectivity index is 1.32. The van der Waals surface area contributed by atoms with E-state index in [4.69, 9.17) is 0 Å². The van der Waals surface area contributed by atoms with Crippen LogP contribution in [0.2, 0.25) is 0 Å². The SMILES string of the molecule is c1ccc2cc(Nc3ccc(-c4cc5ccc6ccccc6c5c5ccccc45)cc3)ccc2c1. The maximum atomic E-state index is 3.56. The van der Waals surface area contributed by atoms with E-state index in [9.17, 15) is 0 Å². The average Bonchev–Trinajstić information content (AvgIpc) is 2.93. The van der Waals surface area contributed by atoms with Crippen molar-refractivity contribution < 1.29 is 0 Å². The van der Waals surface area contributed by atoms with Crippen molar-refractivity contribution in [2.45, 2.75) is 0 Å². The molecule has 0 aliphatic heterocycles. The summed E-state index contributed by atoms with van der Waals surface area (Å²) in [7, 11) is 0. The van der Waals surface area contributed by atoms with Crippen molar-refractivity contribution >= 4 is 54.5 Å². The predicted octanol–water partition coefficient (Wildman–Crippen LogP) is 9.71. The minimum Gasteiger partial charge on any atom is -0.356 e. The van der Waals surface area contributed by atoms with Crippen LogP contribution in [0.15, 0.2) is 133 Å². The minimum atomic E-state index is 1.08. The maximum absolute atomic E-state index is 3.56. The zero-order valence-corrected chi connectivity index (χ0v) is 19.2. The molecule has 0 saturated carbocycles. The lowest BCUT2D eigenvalue weighted by atomic mass is 9.91. The first-order chi connectivity index (χ1) is 17.3. The van der Waals surface area contributed by atoms with Crippen LogP contribution in [-0.2, 0) is 0 Å². The summed E-state index contributed by atoms with van der Waals surface area (Å²) in [4.78, 5) is 0. The van der Waals surface area contributed by atoms with Gasteiger partial charge in [0.2, 0.25) is 0 Å². The average molecular weight is 446 g/mol. The molecule has 0 aliphatic rings. The molecule has 1 N–H and O–H groups in total. The lowest BCUT2D eigenvalue weighted by Crippen LogP contribution is -1.91. The van der Waals surface area contributed by atoms with Crippen LogP contribution in [0.25, 0.3) is 54.2 Å². The molecule has 0 unspecified atom stereocenters. The van der Waals surface area contributed by atoms with Gasteiger partial charge in [0.1, 0.15) is 0 Å². The fourth-order valence-electron chi connectivity index (χ4n) is 5.28. The Kier molecular flexibility index (Phi) is 4.53. The summed E-state index contributed by atoms with van der Waals surface area (Å²) in [6, 6.07) is 48.0. The van der Waals surface area contributed by atoms with Crippen LogP contribution in [0.4, 0.5) is 11.4 Å². The van der Waals surface area contributed by atoms with Crippen molar-refractivity contribution in [2.75, 3.05) is 5.32 Å². The highest BCUT2D eigenvalue weighted by molar-refractivity contribution is 6.23. The number of anilines is 2. The van der Waals surface area contributed by atoms with E-state index in [0.29, 0.717) is 0 Å². The number of hydrogen-bond donors (Lipinski definition) is 1. The fourth-order valence-corrected chi connectivity index (χ4v) is 5.28. The van der Waals surface area contributed by atoms with Crippen LogP contribution in [0.1, 0.15) is 0 Å². The predicted molar refractivity (Wildman–Crippen MR) is 152 cm³/mol. The first-order valence-corrected chi connectivity index (χ1v) is 12.0. The summed E-state index contributed by atoms with van der Waals surface area (Å²) in [5.74, 6) is 0. The molecule has 0 atom stereocenters. The standard InChI is InChI=1S/C34H23N/c1-2-9-26-21-29(20-15-23(26)7-1)35-28-18-16-25(17-19-28)33-22-27-14-13-24-8-3-4-10-30(24)34(27)32-12-6-5-11-31(32)33/h1-22,35H. The third-order valence-corrected chi connectivity index (χ3v) is 6.98. The van der Waals surface area contributed by atoms with Gasteiger partial charge in [0.15, 0.2) is 0 Å². The van der Waals surface area contributed by atoms with E-state index in [-0.39, 0.29) is 0 Å². The lowest BCUT2D eigenvalue weighted by molar-refractivity contribution is 1.56. The molecule has 0 spiro atoms. The molecule has 0 bridgehead atoms. The summed E-state index contributed by atoms with van der Waals surface area (Å²) in [6.07, 6.45) is 0. The summed E-state index contributed by atoms with van der Waals surface area (Å²) in [5.41, 5.74) is 4.67. The molecule has 164 valence electrons. The molecule has 7 aromatic rings. The highest BCUT2D eigenvalue weighted by Gasteiger charge is 2.11. The molecule has 0 saturated heterocycles. The van der Waals surface area contributed by atoms with Crippen molar-refractivity contribution in [1.29, 1.82) is 0 Å². The topological polar surface area (TPSA) is 12.0 Å². The quantitative estimate of drug-likeness (QED) is 0.267. The monoisotopic (exact) mass is 445 g/mol. The van der Waals surface area contributed by atoms with Crippen LogP contribution in [0.5, 0.6) is 0 Å². The van der Waals surface area contributed by atoms with Crippen molar-refractivity contribution in [1.82, 2.24) is 0 Å². The van der Waals surface area contributed by atoms with Gasteiger partial charge in [-0.3, -0.25) is 0 Å². The van der Waals surface area contributed by atoms with Gasteiger partial charge in [-0.25, -0.2) is 0 Å². The van der Waals surface area contributed by atoms with Crippen molar-refractivity contribution in [3.63, 3.8) is 0 Å². The molecule has 1 nitrogen and oxygen atoms in total. The lowest BCUT2D eigenvalue weighted by Gasteiger charge is -2.14. The third kappa shape index (κ3) is 3.41. The Morgan fingerprint density at radius 2 is 0.971 bits per heavy atom. The van der Waals surface area contributed by atoms with Gasteiger partial charge in [0.05, 0.1) is 0 Å². The second-order valence-corrected chi connectivity index (χ2v) is 9.12. The summed E-state index contributed by atoms with van der Waals surface area (Å²) < 4.78 is 0.